The molecule has 0 unspecified atom stereocenters. The first-order valence-electron chi connectivity index (χ1n) is 2.19. The summed E-state index contributed by atoms with van der Waals surface area (Å²) in [7, 11) is 0. The van der Waals surface area contributed by atoms with Crippen LogP contribution in [-0.4, -0.2) is 9.13 Å². The maximum atomic E-state index is 5.28. The van der Waals surface area contributed by atoms with E-state index in [0.29, 0.717) is 0 Å². The van der Waals surface area contributed by atoms with Gasteiger partial charge in [0.25, 0.3) is 3.25 Å². The number of hydrogen-bond acceptors (Lipinski definition) is 0. The molecule has 0 radical (unpaired) electrons. The van der Waals surface area contributed by atoms with Crippen molar-refractivity contribution in [3.8, 4) is 0 Å². The van der Waals surface area contributed by atoms with Crippen LogP contribution in [-0.2, 0) is 0 Å². The number of rotatable bonds is 1. The predicted molar refractivity (Wildman–Crippen MR) is 61.4 cm³/mol. The molecule has 0 heterocycles. The molecule has 0 rings (SSSR count). The van der Waals surface area contributed by atoms with Crippen molar-refractivity contribution in [1.29, 1.82) is 0 Å². The van der Waals surface area contributed by atoms with Crippen molar-refractivity contribution in [3.05, 3.63) is 9.52 Å². The molecule has 0 N–H and O–H groups in total. The second-order valence-corrected chi connectivity index (χ2v) is 6.33. The Hall–Kier alpha value is 2.06. The summed E-state index contributed by atoms with van der Waals surface area (Å²) in [5.41, 5.74) is 0. The first-order valence-corrected chi connectivity index (χ1v) is 5.37. The monoisotopic (exact) mass is 330 g/mol. The SMILES string of the molecule is ClC(Cl)(Cl)Cl.ClCC(Cl)=C(Cl)Cl. The van der Waals surface area contributed by atoms with E-state index in [-0.39, 0.29) is 15.4 Å². The van der Waals surface area contributed by atoms with E-state index in [1.54, 1.807) is 0 Å². The highest BCUT2D eigenvalue weighted by atomic mass is 35.6. The van der Waals surface area contributed by atoms with Gasteiger partial charge in [0.05, 0.1) is 10.9 Å². The summed E-state index contributed by atoms with van der Waals surface area (Å²) < 4.78 is -1.57. The average molecular weight is 334 g/mol. The minimum Gasteiger partial charge on any atom is -0.120 e. The standard InChI is InChI=1S/C3H2Cl4.CCl4/c4-1-2(5)3(6)7;2-1(3,4)5/h1H2;. The van der Waals surface area contributed by atoms with Gasteiger partial charge in [-0.1, -0.05) is 81.2 Å². The molecule has 0 spiro atoms. The van der Waals surface area contributed by atoms with Crippen molar-refractivity contribution >= 4 is 92.8 Å². The van der Waals surface area contributed by atoms with E-state index in [9.17, 15) is 0 Å². The topological polar surface area (TPSA) is 0 Å². The predicted octanol–water partition coefficient (Wildman–Crippen LogP) is 5.66. The van der Waals surface area contributed by atoms with E-state index < -0.39 is 3.25 Å². The zero-order chi connectivity index (χ0) is 10.4. The zero-order valence-corrected chi connectivity index (χ0v) is 11.3. The number of allylic oxidation sites excluding steroid dienone is 1. The van der Waals surface area contributed by atoms with Crippen LogP contribution in [0, 0.1) is 0 Å². The number of halogens is 8. The molecule has 0 fully saturated rings. The average Bonchev–Trinajstić information content (AvgIpc) is 1.82. The molecular formula is C4H2Cl8. The van der Waals surface area contributed by atoms with Gasteiger partial charge in [-0.2, -0.15) is 0 Å². The molecule has 0 aliphatic heterocycles. The third kappa shape index (κ3) is 22.7. The van der Waals surface area contributed by atoms with E-state index >= 15 is 0 Å². The smallest absolute Gasteiger partial charge is 0.120 e. The summed E-state index contributed by atoms with van der Waals surface area (Å²) in [6.07, 6.45) is 0. The Balaban J connectivity index is 0. The van der Waals surface area contributed by atoms with Crippen molar-refractivity contribution < 1.29 is 0 Å². The van der Waals surface area contributed by atoms with Gasteiger partial charge in [-0.05, 0) is 0 Å². The van der Waals surface area contributed by atoms with Crippen LogP contribution in [0.2, 0.25) is 0 Å². The summed E-state index contributed by atoms with van der Waals surface area (Å²) >= 11 is 40.1. The Bertz CT molecular complexity index is 134. The van der Waals surface area contributed by atoms with Crippen LogP contribution in [0.4, 0.5) is 0 Å². The highest BCUT2D eigenvalue weighted by Gasteiger charge is 2.11. The lowest BCUT2D eigenvalue weighted by Gasteiger charge is -1.91. The van der Waals surface area contributed by atoms with Crippen LogP contribution in [0.3, 0.4) is 0 Å². The molecular weight excluding hydrogens is 332 g/mol. The van der Waals surface area contributed by atoms with Gasteiger partial charge in [0.1, 0.15) is 4.49 Å². The molecule has 0 bridgehead atoms. The fourth-order valence-electron chi connectivity index (χ4n) is 0.0505. The van der Waals surface area contributed by atoms with Crippen molar-refractivity contribution in [2.45, 2.75) is 3.25 Å². The van der Waals surface area contributed by atoms with Crippen LogP contribution in [0.1, 0.15) is 0 Å². The number of alkyl halides is 5. The van der Waals surface area contributed by atoms with Crippen molar-refractivity contribution in [3.63, 3.8) is 0 Å². The Kier molecular flexibility index (Phi) is 11.5. The fourth-order valence-corrected chi connectivity index (χ4v) is 0.455. The first kappa shape index (κ1) is 16.5. The lowest BCUT2D eigenvalue weighted by atomic mass is 10.7. The van der Waals surface area contributed by atoms with Gasteiger partial charge in [-0.15, -0.1) is 11.6 Å². The Morgan fingerprint density at radius 3 is 1.17 bits per heavy atom. The Labute approximate surface area is 111 Å². The van der Waals surface area contributed by atoms with Gasteiger partial charge in [0.2, 0.25) is 0 Å². The normalized spacial score (nSPS) is 10.0. The Morgan fingerprint density at radius 1 is 0.917 bits per heavy atom. The van der Waals surface area contributed by atoms with Crippen molar-refractivity contribution in [1.82, 2.24) is 0 Å². The summed E-state index contributed by atoms with van der Waals surface area (Å²) in [6, 6.07) is 0. The minimum absolute atomic E-state index is 0.0386. The van der Waals surface area contributed by atoms with Gasteiger partial charge in [0, 0.05) is 0 Å². The summed E-state index contributed by atoms with van der Waals surface area (Å²) in [5, 5.41) is 0.282. The quantitative estimate of drug-likeness (QED) is 0.543. The van der Waals surface area contributed by atoms with E-state index in [2.05, 4.69) is 0 Å². The van der Waals surface area contributed by atoms with Gasteiger partial charge in [0.15, 0.2) is 0 Å². The van der Waals surface area contributed by atoms with Crippen LogP contribution < -0.4 is 0 Å². The fraction of sp³-hybridized carbons (Fsp3) is 0.500. The Morgan fingerprint density at radius 2 is 1.17 bits per heavy atom. The van der Waals surface area contributed by atoms with Crippen LogP contribution in [0.15, 0.2) is 9.52 Å². The highest BCUT2D eigenvalue weighted by Crippen LogP contribution is 2.29. The molecule has 0 nitrogen and oxygen atoms in total. The molecule has 0 saturated heterocycles. The van der Waals surface area contributed by atoms with Crippen molar-refractivity contribution in [2.24, 2.45) is 0 Å². The molecule has 12 heavy (non-hydrogen) atoms. The molecule has 0 amide bonds. The lowest BCUT2D eigenvalue weighted by Crippen LogP contribution is -1.81. The number of hydrogen-bond donors (Lipinski definition) is 0. The molecule has 0 aliphatic rings. The minimum atomic E-state index is -1.61. The third-order valence-corrected chi connectivity index (χ3v) is 1.70. The van der Waals surface area contributed by atoms with Gasteiger partial charge in [-0.3, -0.25) is 0 Å². The van der Waals surface area contributed by atoms with E-state index in [0.717, 1.165) is 0 Å². The summed E-state index contributed by atoms with van der Waals surface area (Å²) in [5.74, 6) is 0.171. The van der Waals surface area contributed by atoms with E-state index in [1.165, 1.54) is 0 Å². The molecule has 74 valence electrons. The summed E-state index contributed by atoms with van der Waals surface area (Å²) in [6.45, 7) is 0. The molecule has 8 heteroatoms. The van der Waals surface area contributed by atoms with Gasteiger partial charge in [-0.25, -0.2) is 0 Å². The zero-order valence-electron chi connectivity index (χ0n) is 5.23. The van der Waals surface area contributed by atoms with Crippen molar-refractivity contribution in [2.75, 3.05) is 5.88 Å². The van der Waals surface area contributed by atoms with E-state index in [4.69, 9.17) is 92.8 Å². The van der Waals surface area contributed by atoms with Crippen LogP contribution in [0.25, 0.3) is 0 Å². The third-order valence-electron chi connectivity index (χ3n) is 0.322. The maximum absolute atomic E-state index is 5.28. The first-order chi connectivity index (χ1) is 5.18. The molecule has 0 aromatic heterocycles. The van der Waals surface area contributed by atoms with E-state index in [1.807, 2.05) is 0 Å². The largest absolute Gasteiger partial charge is 0.266 e. The molecule has 0 aromatic carbocycles. The second kappa shape index (κ2) is 8.38. The maximum Gasteiger partial charge on any atom is 0.266 e. The van der Waals surface area contributed by atoms with Crippen LogP contribution >= 0.6 is 92.8 Å². The van der Waals surface area contributed by atoms with Crippen LogP contribution in [0.5, 0.6) is 0 Å². The second-order valence-electron chi connectivity index (χ2n) is 1.23. The highest BCUT2D eigenvalue weighted by molar-refractivity contribution is 6.83. The van der Waals surface area contributed by atoms with Gasteiger partial charge < -0.3 is 0 Å². The molecule has 0 saturated carbocycles. The molecule has 0 atom stereocenters. The summed E-state index contributed by atoms with van der Waals surface area (Å²) in [4.78, 5) is 0. The molecule has 0 aliphatic carbocycles. The van der Waals surface area contributed by atoms with Gasteiger partial charge >= 0.3 is 0 Å². The lowest BCUT2D eigenvalue weighted by molar-refractivity contribution is 1.69. The molecule has 0 aromatic rings.